The highest BCUT2D eigenvalue weighted by Gasteiger charge is 2.09. The van der Waals surface area contributed by atoms with E-state index in [9.17, 15) is 4.79 Å². The number of rotatable bonds is 4. The van der Waals surface area contributed by atoms with Gasteiger partial charge in [-0.3, -0.25) is 0 Å². The number of aryl methyl sites for hydroxylation is 1. The number of hydrogen-bond donors (Lipinski definition) is 0. The van der Waals surface area contributed by atoms with Gasteiger partial charge in [0.15, 0.2) is 0 Å². The molecule has 0 unspecified atom stereocenters. The van der Waals surface area contributed by atoms with Crippen LogP contribution in [0.5, 0.6) is 5.75 Å². The molecule has 14 heavy (non-hydrogen) atoms. The van der Waals surface area contributed by atoms with Crippen molar-refractivity contribution in [3.8, 4) is 5.75 Å². The Morgan fingerprint density at radius 3 is 2.79 bits per heavy atom. The molecular weight excluding hydrogens is 244 g/mol. The summed E-state index contributed by atoms with van der Waals surface area (Å²) in [7, 11) is 1.64. The smallest absolute Gasteiger partial charge is 0.136 e. The van der Waals surface area contributed by atoms with Crippen LogP contribution in [0, 0.1) is 6.92 Å². The summed E-state index contributed by atoms with van der Waals surface area (Å²) in [6, 6.07) is 3.98. The van der Waals surface area contributed by atoms with E-state index in [-0.39, 0.29) is 0 Å². The van der Waals surface area contributed by atoms with Crippen LogP contribution in [-0.2, 0) is 11.2 Å². The summed E-state index contributed by atoms with van der Waals surface area (Å²) < 4.78 is 6.23. The van der Waals surface area contributed by atoms with Crippen LogP contribution in [0.15, 0.2) is 16.6 Å². The van der Waals surface area contributed by atoms with Crippen molar-refractivity contribution < 1.29 is 9.53 Å². The van der Waals surface area contributed by atoms with E-state index < -0.39 is 0 Å². The molecular formula is C11H13BrO2. The number of carbonyl (C=O) groups is 1. The summed E-state index contributed by atoms with van der Waals surface area (Å²) >= 11 is 3.42. The molecule has 0 aliphatic carbocycles. The van der Waals surface area contributed by atoms with Gasteiger partial charge in [0.25, 0.3) is 0 Å². The van der Waals surface area contributed by atoms with Gasteiger partial charge in [0.1, 0.15) is 12.0 Å². The Hall–Kier alpha value is -0.830. The first-order chi connectivity index (χ1) is 6.70. The number of benzene rings is 1. The molecule has 2 nitrogen and oxygen atoms in total. The maximum atomic E-state index is 10.3. The Bertz CT molecular complexity index is 334. The average molecular weight is 257 g/mol. The standard InChI is InChI=1S/C11H13BrO2/c1-8-5-6-10(12)11(14-2)9(8)4-3-7-13/h5-7H,3-4H2,1-2H3. The van der Waals surface area contributed by atoms with E-state index in [0.29, 0.717) is 6.42 Å². The number of hydrogen-bond acceptors (Lipinski definition) is 2. The zero-order valence-electron chi connectivity index (χ0n) is 8.34. The van der Waals surface area contributed by atoms with Crippen LogP contribution < -0.4 is 4.74 Å². The lowest BCUT2D eigenvalue weighted by Gasteiger charge is -2.12. The normalized spacial score (nSPS) is 9.93. The average Bonchev–Trinajstić information content (AvgIpc) is 2.19. The van der Waals surface area contributed by atoms with E-state index >= 15 is 0 Å². The second kappa shape index (κ2) is 5.15. The monoisotopic (exact) mass is 256 g/mol. The Morgan fingerprint density at radius 2 is 2.21 bits per heavy atom. The highest BCUT2D eigenvalue weighted by atomic mass is 79.9. The lowest BCUT2D eigenvalue weighted by atomic mass is 10.0. The van der Waals surface area contributed by atoms with Crippen LogP contribution >= 0.6 is 15.9 Å². The predicted molar refractivity (Wildman–Crippen MR) is 59.8 cm³/mol. The fourth-order valence-electron chi connectivity index (χ4n) is 1.43. The van der Waals surface area contributed by atoms with Crippen LogP contribution in [0.25, 0.3) is 0 Å². The fraction of sp³-hybridized carbons (Fsp3) is 0.364. The Balaban J connectivity index is 3.08. The van der Waals surface area contributed by atoms with Gasteiger partial charge in [-0.2, -0.15) is 0 Å². The first-order valence-electron chi connectivity index (χ1n) is 4.46. The molecule has 0 aliphatic rings. The van der Waals surface area contributed by atoms with E-state index in [1.54, 1.807) is 7.11 Å². The third-order valence-corrected chi connectivity index (χ3v) is 2.79. The summed E-state index contributed by atoms with van der Waals surface area (Å²) in [5.74, 6) is 0.840. The van der Waals surface area contributed by atoms with Crippen molar-refractivity contribution >= 4 is 22.2 Å². The van der Waals surface area contributed by atoms with E-state index in [2.05, 4.69) is 15.9 Å². The van der Waals surface area contributed by atoms with Gasteiger partial charge in [0.2, 0.25) is 0 Å². The van der Waals surface area contributed by atoms with E-state index in [1.165, 1.54) is 0 Å². The number of aldehydes is 1. The van der Waals surface area contributed by atoms with Gasteiger partial charge in [-0.25, -0.2) is 0 Å². The van der Waals surface area contributed by atoms with E-state index in [1.807, 2.05) is 19.1 Å². The molecule has 0 bridgehead atoms. The first kappa shape index (κ1) is 11.2. The van der Waals surface area contributed by atoms with Crippen molar-refractivity contribution in [3.05, 3.63) is 27.7 Å². The highest BCUT2D eigenvalue weighted by molar-refractivity contribution is 9.10. The zero-order chi connectivity index (χ0) is 10.6. The third kappa shape index (κ3) is 2.35. The molecule has 0 amide bonds. The Morgan fingerprint density at radius 1 is 1.50 bits per heavy atom. The lowest BCUT2D eigenvalue weighted by molar-refractivity contribution is -0.107. The van der Waals surface area contributed by atoms with Gasteiger partial charge in [-0.05, 0) is 46.5 Å². The largest absolute Gasteiger partial charge is 0.495 e. The Kier molecular flexibility index (Phi) is 4.14. The minimum absolute atomic E-state index is 0.535. The predicted octanol–water partition coefficient (Wildman–Crippen LogP) is 2.90. The minimum Gasteiger partial charge on any atom is -0.495 e. The van der Waals surface area contributed by atoms with Crippen molar-refractivity contribution in [1.82, 2.24) is 0 Å². The molecule has 3 heteroatoms. The molecule has 0 spiro atoms. The summed E-state index contributed by atoms with van der Waals surface area (Å²) in [4.78, 5) is 10.3. The topological polar surface area (TPSA) is 26.3 Å². The number of halogens is 1. The molecule has 0 fully saturated rings. The lowest BCUT2D eigenvalue weighted by Crippen LogP contribution is -1.97. The molecule has 76 valence electrons. The maximum absolute atomic E-state index is 10.3. The quantitative estimate of drug-likeness (QED) is 0.775. The molecule has 0 radical (unpaired) electrons. The minimum atomic E-state index is 0.535. The Labute approximate surface area is 92.4 Å². The van der Waals surface area contributed by atoms with Crippen LogP contribution in [0.3, 0.4) is 0 Å². The highest BCUT2D eigenvalue weighted by Crippen LogP contribution is 2.31. The van der Waals surface area contributed by atoms with Crippen LogP contribution in [0.1, 0.15) is 17.5 Å². The van der Waals surface area contributed by atoms with E-state index in [0.717, 1.165) is 34.1 Å². The number of methoxy groups -OCH3 is 1. The molecule has 0 atom stereocenters. The molecule has 1 rings (SSSR count). The van der Waals surface area contributed by atoms with Crippen molar-refractivity contribution in [1.29, 1.82) is 0 Å². The molecule has 0 saturated heterocycles. The third-order valence-electron chi connectivity index (χ3n) is 2.16. The van der Waals surface area contributed by atoms with Gasteiger partial charge >= 0.3 is 0 Å². The number of ether oxygens (including phenoxy) is 1. The van der Waals surface area contributed by atoms with Gasteiger partial charge in [-0.15, -0.1) is 0 Å². The molecule has 0 saturated carbocycles. The summed E-state index contributed by atoms with van der Waals surface area (Å²) in [5.41, 5.74) is 2.26. The summed E-state index contributed by atoms with van der Waals surface area (Å²) in [6.07, 6.45) is 2.20. The van der Waals surface area contributed by atoms with Crippen molar-refractivity contribution in [2.24, 2.45) is 0 Å². The molecule has 1 aromatic rings. The van der Waals surface area contributed by atoms with Crippen molar-refractivity contribution in [2.45, 2.75) is 19.8 Å². The second-order valence-electron chi connectivity index (χ2n) is 3.08. The van der Waals surface area contributed by atoms with Gasteiger partial charge in [-0.1, -0.05) is 6.07 Å². The SMILES string of the molecule is COc1c(Br)ccc(C)c1CCC=O. The van der Waals surface area contributed by atoms with Crippen molar-refractivity contribution in [3.63, 3.8) is 0 Å². The van der Waals surface area contributed by atoms with Crippen molar-refractivity contribution in [2.75, 3.05) is 7.11 Å². The summed E-state index contributed by atoms with van der Waals surface area (Å²) in [5, 5.41) is 0. The van der Waals surface area contributed by atoms with Gasteiger partial charge in [0.05, 0.1) is 11.6 Å². The molecule has 0 aromatic heterocycles. The maximum Gasteiger partial charge on any atom is 0.136 e. The van der Waals surface area contributed by atoms with Crippen LogP contribution in [0.2, 0.25) is 0 Å². The van der Waals surface area contributed by atoms with E-state index in [4.69, 9.17) is 4.74 Å². The fourth-order valence-corrected chi connectivity index (χ4v) is 1.97. The summed E-state index contributed by atoms with van der Waals surface area (Å²) in [6.45, 7) is 2.02. The number of carbonyl (C=O) groups excluding carboxylic acids is 1. The molecule has 0 N–H and O–H groups in total. The van der Waals surface area contributed by atoms with Gasteiger partial charge < -0.3 is 9.53 Å². The second-order valence-corrected chi connectivity index (χ2v) is 3.94. The first-order valence-corrected chi connectivity index (χ1v) is 5.25. The zero-order valence-corrected chi connectivity index (χ0v) is 9.93. The molecule has 0 aliphatic heterocycles. The van der Waals surface area contributed by atoms with Gasteiger partial charge in [0, 0.05) is 6.42 Å². The van der Waals surface area contributed by atoms with Crippen LogP contribution in [0.4, 0.5) is 0 Å². The molecule has 0 heterocycles. The molecule has 1 aromatic carbocycles. The van der Waals surface area contributed by atoms with Crippen LogP contribution in [-0.4, -0.2) is 13.4 Å².